The summed E-state index contributed by atoms with van der Waals surface area (Å²) in [7, 11) is 1.63. The quantitative estimate of drug-likeness (QED) is 0.748. The highest BCUT2D eigenvalue weighted by molar-refractivity contribution is 9.10. The zero-order chi connectivity index (χ0) is 15.2. The third-order valence-electron chi connectivity index (χ3n) is 3.14. The Bertz CT molecular complexity index is 604. The van der Waals surface area contributed by atoms with E-state index in [2.05, 4.69) is 21.2 Å². The highest BCUT2D eigenvalue weighted by Crippen LogP contribution is 2.25. The molecule has 0 aliphatic rings. The van der Waals surface area contributed by atoms with Crippen LogP contribution in [0.15, 0.2) is 46.9 Å². The van der Waals surface area contributed by atoms with Gasteiger partial charge in [-0.05, 0) is 51.3 Å². The summed E-state index contributed by atoms with van der Waals surface area (Å²) < 4.78 is 6.08. The number of aliphatic hydroxyl groups is 1. The van der Waals surface area contributed by atoms with Gasteiger partial charge < -0.3 is 20.3 Å². The molecule has 0 amide bonds. The summed E-state index contributed by atoms with van der Waals surface area (Å²) >= 11 is 3.44. The fourth-order valence-electron chi connectivity index (χ4n) is 2.02. The number of phenols is 1. The van der Waals surface area contributed by atoms with Gasteiger partial charge in [0.05, 0.1) is 17.7 Å². The number of aliphatic hydroxyl groups excluding tert-OH is 1. The van der Waals surface area contributed by atoms with Crippen molar-refractivity contribution in [2.75, 3.05) is 13.7 Å². The van der Waals surface area contributed by atoms with E-state index < -0.39 is 6.10 Å². The first kappa shape index (κ1) is 15.8. The van der Waals surface area contributed by atoms with Crippen molar-refractivity contribution in [3.05, 3.63) is 58.1 Å². The van der Waals surface area contributed by atoms with Crippen LogP contribution in [0.25, 0.3) is 0 Å². The Labute approximate surface area is 132 Å². The number of rotatable bonds is 6. The molecule has 0 radical (unpaired) electrons. The minimum atomic E-state index is -0.654. The van der Waals surface area contributed by atoms with Crippen LogP contribution < -0.4 is 10.1 Å². The summed E-state index contributed by atoms with van der Waals surface area (Å²) in [6, 6.07) is 12.5. The molecule has 0 saturated carbocycles. The van der Waals surface area contributed by atoms with Crippen LogP contribution >= 0.6 is 15.9 Å². The van der Waals surface area contributed by atoms with Crippen molar-refractivity contribution in [1.29, 1.82) is 0 Å². The molecule has 112 valence electrons. The molecule has 0 aromatic heterocycles. The zero-order valence-electron chi connectivity index (χ0n) is 11.7. The van der Waals surface area contributed by atoms with Crippen molar-refractivity contribution in [1.82, 2.24) is 5.32 Å². The first-order valence-electron chi connectivity index (χ1n) is 6.60. The lowest BCUT2D eigenvalue weighted by Crippen LogP contribution is -2.21. The normalized spacial score (nSPS) is 12.1. The molecule has 21 heavy (non-hydrogen) atoms. The Balaban J connectivity index is 1.88. The summed E-state index contributed by atoms with van der Waals surface area (Å²) in [5.41, 5.74) is 1.78. The second kappa shape index (κ2) is 7.45. The van der Waals surface area contributed by atoms with Gasteiger partial charge in [-0.25, -0.2) is 0 Å². The monoisotopic (exact) mass is 351 g/mol. The molecule has 0 unspecified atom stereocenters. The van der Waals surface area contributed by atoms with E-state index in [0.717, 1.165) is 15.8 Å². The van der Waals surface area contributed by atoms with Crippen LogP contribution in [0.3, 0.4) is 0 Å². The molecule has 2 rings (SSSR count). The molecule has 0 fully saturated rings. The van der Waals surface area contributed by atoms with Gasteiger partial charge in [0.15, 0.2) is 0 Å². The minimum absolute atomic E-state index is 0.158. The molecule has 1 atom stereocenters. The molecule has 0 aliphatic carbocycles. The van der Waals surface area contributed by atoms with Crippen LogP contribution in [0.1, 0.15) is 17.2 Å². The predicted molar refractivity (Wildman–Crippen MR) is 85.5 cm³/mol. The smallest absolute Gasteiger partial charge is 0.133 e. The molecule has 2 aromatic rings. The van der Waals surface area contributed by atoms with Gasteiger partial charge in [-0.15, -0.1) is 0 Å². The van der Waals surface area contributed by atoms with E-state index in [-0.39, 0.29) is 5.75 Å². The molecular formula is C16H18BrNO3. The fraction of sp³-hybridized carbons (Fsp3) is 0.250. The number of halogens is 1. The zero-order valence-corrected chi connectivity index (χ0v) is 13.3. The first-order chi connectivity index (χ1) is 10.1. The lowest BCUT2D eigenvalue weighted by Gasteiger charge is -2.13. The Hall–Kier alpha value is -1.56. The number of nitrogens with one attached hydrogen (secondary N) is 1. The first-order valence-corrected chi connectivity index (χ1v) is 7.39. The fourth-order valence-corrected chi connectivity index (χ4v) is 2.61. The molecule has 0 bridgehead atoms. The second-order valence-electron chi connectivity index (χ2n) is 4.71. The Morgan fingerprint density at radius 2 is 2.05 bits per heavy atom. The lowest BCUT2D eigenvalue weighted by atomic mass is 10.1. The number of ether oxygens (including phenoxy) is 1. The second-order valence-corrected chi connectivity index (χ2v) is 5.56. The SMILES string of the molecule is COc1ccc(CNC[C@@H](O)c2cccc(O)c2)cc1Br. The molecule has 0 heterocycles. The maximum Gasteiger partial charge on any atom is 0.133 e. The van der Waals surface area contributed by atoms with Crippen LogP contribution in [0.5, 0.6) is 11.5 Å². The molecule has 0 spiro atoms. The molecule has 5 heteroatoms. The summed E-state index contributed by atoms with van der Waals surface area (Å²) in [4.78, 5) is 0. The molecule has 2 aromatic carbocycles. The van der Waals surface area contributed by atoms with Gasteiger partial charge in [0.2, 0.25) is 0 Å². The highest BCUT2D eigenvalue weighted by atomic mass is 79.9. The van der Waals surface area contributed by atoms with Crippen molar-refractivity contribution < 1.29 is 14.9 Å². The van der Waals surface area contributed by atoms with Crippen LogP contribution in [-0.2, 0) is 6.54 Å². The van der Waals surface area contributed by atoms with Crippen LogP contribution in [0.2, 0.25) is 0 Å². The highest BCUT2D eigenvalue weighted by Gasteiger charge is 2.08. The van der Waals surface area contributed by atoms with E-state index in [9.17, 15) is 10.2 Å². The largest absolute Gasteiger partial charge is 0.508 e. The van der Waals surface area contributed by atoms with Crippen molar-refractivity contribution in [2.45, 2.75) is 12.6 Å². The minimum Gasteiger partial charge on any atom is -0.508 e. The predicted octanol–water partition coefficient (Wildman–Crippen LogP) is 2.99. The van der Waals surface area contributed by atoms with Crippen molar-refractivity contribution >= 4 is 15.9 Å². The van der Waals surface area contributed by atoms with Crippen molar-refractivity contribution in [3.8, 4) is 11.5 Å². The molecule has 0 aliphatic heterocycles. The van der Waals surface area contributed by atoms with Gasteiger partial charge in [-0.3, -0.25) is 0 Å². The Morgan fingerprint density at radius 1 is 1.24 bits per heavy atom. The van der Waals surface area contributed by atoms with Gasteiger partial charge in [-0.2, -0.15) is 0 Å². The molecule has 3 N–H and O–H groups in total. The van der Waals surface area contributed by atoms with Crippen LogP contribution in [-0.4, -0.2) is 23.9 Å². The summed E-state index contributed by atoms with van der Waals surface area (Å²) in [6.07, 6.45) is -0.654. The average Bonchev–Trinajstić information content (AvgIpc) is 2.47. The van der Waals surface area contributed by atoms with E-state index >= 15 is 0 Å². The number of benzene rings is 2. The van der Waals surface area contributed by atoms with Crippen LogP contribution in [0, 0.1) is 0 Å². The van der Waals surface area contributed by atoms with E-state index in [1.54, 1.807) is 31.4 Å². The van der Waals surface area contributed by atoms with Gasteiger partial charge >= 0.3 is 0 Å². The average molecular weight is 352 g/mol. The van der Waals surface area contributed by atoms with E-state index in [1.165, 1.54) is 0 Å². The van der Waals surface area contributed by atoms with Gasteiger partial charge in [0.25, 0.3) is 0 Å². The number of hydrogen-bond donors (Lipinski definition) is 3. The third-order valence-corrected chi connectivity index (χ3v) is 3.76. The van der Waals surface area contributed by atoms with Gasteiger partial charge in [-0.1, -0.05) is 18.2 Å². The Morgan fingerprint density at radius 3 is 2.71 bits per heavy atom. The number of aromatic hydroxyl groups is 1. The van der Waals surface area contributed by atoms with Crippen molar-refractivity contribution in [3.63, 3.8) is 0 Å². The number of methoxy groups -OCH3 is 1. The van der Waals surface area contributed by atoms with Crippen LogP contribution in [0.4, 0.5) is 0 Å². The Kier molecular flexibility index (Phi) is 5.61. The van der Waals surface area contributed by atoms with Gasteiger partial charge in [0.1, 0.15) is 11.5 Å². The molecule has 0 saturated heterocycles. The summed E-state index contributed by atoms with van der Waals surface area (Å²) in [5, 5.41) is 22.6. The topological polar surface area (TPSA) is 61.7 Å². The number of hydrogen-bond acceptors (Lipinski definition) is 4. The van der Waals surface area contributed by atoms with E-state index in [1.807, 2.05) is 18.2 Å². The third kappa shape index (κ3) is 4.46. The standard InChI is InChI=1S/C16H18BrNO3/c1-21-16-6-5-11(7-14(16)17)9-18-10-15(20)12-3-2-4-13(19)8-12/h2-8,15,18-20H,9-10H2,1H3/t15-/m1/s1. The van der Waals surface area contributed by atoms with Crippen molar-refractivity contribution in [2.24, 2.45) is 0 Å². The molecule has 4 nitrogen and oxygen atoms in total. The van der Waals surface area contributed by atoms with Gasteiger partial charge in [0, 0.05) is 13.1 Å². The molecular weight excluding hydrogens is 334 g/mol. The summed E-state index contributed by atoms with van der Waals surface area (Å²) in [6.45, 7) is 1.05. The van der Waals surface area contributed by atoms with E-state index in [0.29, 0.717) is 18.7 Å². The lowest BCUT2D eigenvalue weighted by molar-refractivity contribution is 0.174. The summed E-state index contributed by atoms with van der Waals surface area (Å²) in [5.74, 6) is 0.948. The van der Waals surface area contributed by atoms with E-state index in [4.69, 9.17) is 4.74 Å². The number of phenolic OH excluding ortho intramolecular Hbond substituents is 1. The maximum absolute atomic E-state index is 10.1. The maximum atomic E-state index is 10.1.